The molecule has 0 saturated carbocycles. The highest BCUT2D eigenvalue weighted by molar-refractivity contribution is 6.26. The van der Waals surface area contributed by atoms with Gasteiger partial charge in [-0.1, -0.05) is 164 Å². The van der Waals surface area contributed by atoms with Crippen molar-refractivity contribution in [2.75, 3.05) is 0 Å². The minimum absolute atomic E-state index is 0.641. The Hall–Kier alpha value is -6.71. The number of fused-ring (bicyclic) bond motifs is 6. The van der Waals surface area contributed by atoms with E-state index in [1.165, 1.54) is 37.9 Å². The fourth-order valence-corrected chi connectivity index (χ4v) is 7.01. The van der Waals surface area contributed by atoms with Crippen molar-refractivity contribution < 1.29 is 0 Å². The molecular formula is C47H31N3. The summed E-state index contributed by atoms with van der Waals surface area (Å²) in [5.74, 6) is 1.94. The minimum atomic E-state index is 0.641. The van der Waals surface area contributed by atoms with E-state index in [1.54, 1.807) is 0 Å². The topological polar surface area (TPSA) is 38.7 Å². The maximum atomic E-state index is 5.04. The molecule has 0 amide bonds. The van der Waals surface area contributed by atoms with Gasteiger partial charge in [0.05, 0.1) is 0 Å². The Bertz CT molecular complexity index is 2640. The zero-order chi connectivity index (χ0) is 33.4. The van der Waals surface area contributed by atoms with Crippen LogP contribution in [0.3, 0.4) is 0 Å². The van der Waals surface area contributed by atoms with E-state index in [9.17, 15) is 0 Å². The van der Waals surface area contributed by atoms with Gasteiger partial charge in [-0.15, -0.1) is 0 Å². The molecule has 0 aliphatic carbocycles. The van der Waals surface area contributed by atoms with E-state index in [0.29, 0.717) is 17.5 Å². The first-order chi connectivity index (χ1) is 24.7. The summed E-state index contributed by atoms with van der Waals surface area (Å²) in [5, 5.41) is 7.49. The van der Waals surface area contributed by atoms with Gasteiger partial charge in [0.1, 0.15) is 0 Å². The third-order valence-corrected chi connectivity index (χ3v) is 9.47. The van der Waals surface area contributed by atoms with Gasteiger partial charge in [0.15, 0.2) is 17.5 Å². The van der Waals surface area contributed by atoms with Crippen LogP contribution in [0.1, 0.15) is 5.56 Å². The molecule has 0 aliphatic rings. The summed E-state index contributed by atoms with van der Waals surface area (Å²) in [6.07, 6.45) is 1.91. The monoisotopic (exact) mass is 637 g/mol. The molecule has 0 spiro atoms. The van der Waals surface area contributed by atoms with Crippen molar-refractivity contribution in [3.8, 4) is 56.4 Å². The first-order valence-electron chi connectivity index (χ1n) is 16.8. The lowest BCUT2D eigenvalue weighted by Crippen LogP contribution is -2.01. The van der Waals surface area contributed by atoms with Crippen LogP contribution < -0.4 is 0 Å². The van der Waals surface area contributed by atoms with Crippen molar-refractivity contribution in [3.63, 3.8) is 0 Å². The van der Waals surface area contributed by atoms with E-state index in [0.717, 1.165) is 38.9 Å². The highest BCUT2D eigenvalue weighted by atomic mass is 15.0. The van der Waals surface area contributed by atoms with Crippen LogP contribution >= 0.6 is 0 Å². The largest absolute Gasteiger partial charge is 0.208 e. The molecule has 234 valence electrons. The lowest BCUT2D eigenvalue weighted by atomic mass is 9.90. The quantitative estimate of drug-likeness (QED) is 0.170. The van der Waals surface area contributed by atoms with Crippen LogP contribution in [0.4, 0.5) is 0 Å². The maximum Gasteiger partial charge on any atom is 0.164 e. The van der Waals surface area contributed by atoms with Crippen molar-refractivity contribution in [2.24, 2.45) is 0 Å². The first kappa shape index (κ1) is 29.4. The van der Waals surface area contributed by atoms with E-state index in [-0.39, 0.29) is 0 Å². The van der Waals surface area contributed by atoms with Crippen molar-refractivity contribution in [3.05, 3.63) is 182 Å². The Morgan fingerprint density at radius 2 is 0.800 bits per heavy atom. The molecule has 8 aromatic carbocycles. The second kappa shape index (κ2) is 12.4. The van der Waals surface area contributed by atoms with Crippen molar-refractivity contribution in [1.29, 1.82) is 0 Å². The standard InChI is InChI=1S/C47H31N3/c1-2-31-24-26-40-41-27-25-35(30-44(41)39-22-11-10-21-38(39)43(40)28-31)34-18-13-19-36(29-34)37-20-9-12-23-42(37)47-49-45(32-14-5-3-6-15-32)48-46(50-47)33-16-7-4-8-17-33/h2-30H,1H2. The normalized spacial score (nSPS) is 11.3. The summed E-state index contributed by atoms with van der Waals surface area (Å²) in [5.41, 5.74) is 8.46. The molecule has 9 rings (SSSR count). The average molecular weight is 638 g/mol. The van der Waals surface area contributed by atoms with Crippen molar-refractivity contribution in [2.45, 2.75) is 0 Å². The van der Waals surface area contributed by atoms with Crippen LogP contribution in [0.25, 0.3) is 94.8 Å². The fourth-order valence-electron chi connectivity index (χ4n) is 7.01. The molecule has 1 heterocycles. The molecule has 0 unspecified atom stereocenters. The number of benzene rings is 8. The minimum Gasteiger partial charge on any atom is -0.208 e. The van der Waals surface area contributed by atoms with Crippen LogP contribution in [0.2, 0.25) is 0 Å². The van der Waals surface area contributed by atoms with E-state index < -0.39 is 0 Å². The van der Waals surface area contributed by atoms with Gasteiger partial charge in [-0.3, -0.25) is 0 Å². The summed E-state index contributed by atoms with van der Waals surface area (Å²) in [6, 6.07) is 59.6. The van der Waals surface area contributed by atoms with Gasteiger partial charge in [0, 0.05) is 16.7 Å². The van der Waals surface area contributed by atoms with Gasteiger partial charge in [-0.2, -0.15) is 0 Å². The Labute approximate surface area is 290 Å². The number of hydrogen-bond acceptors (Lipinski definition) is 3. The average Bonchev–Trinajstić information content (AvgIpc) is 3.21. The molecule has 0 fully saturated rings. The van der Waals surface area contributed by atoms with Crippen LogP contribution in [0.15, 0.2) is 176 Å². The summed E-state index contributed by atoms with van der Waals surface area (Å²) in [4.78, 5) is 15.0. The highest BCUT2D eigenvalue weighted by Crippen LogP contribution is 2.39. The molecule has 0 aliphatic heterocycles. The summed E-state index contributed by atoms with van der Waals surface area (Å²) >= 11 is 0. The number of nitrogens with zero attached hydrogens (tertiary/aromatic N) is 3. The Balaban J connectivity index is 1.18. The summed E-state index contributed by atoms with van der Waals surface area (Å²) in [6.45, 7) is 4.00. The van der Waals surface area contributed by atoms with Crippen molar-refractivity contribution in [1.82, 2.24) is 15.0 Å². The Morgan fingerprint density at radius 3 is 1.46 bits per heavy atom. The van der Waals surface area contributed by atoms with Gasteiger partial charge in [0.25, 0.3) is 0 Å². The lowest BCUT2D eigenvalue weighted by Gasteiger charge is -2.14. The second-order valence-corrected chi connectivity index (χ2v) is 12.5. The smallest absolute Gasteiger partial charge is 0.164 e. The molecule has 0 N–H and O–H groups in total. The third kappa shape index (κ3) is 5.22. The zero-order valence-electron chi connectivity index (χ0n) is 27.3. The van der Waals surface area contributed by atoms with E-state index in [2.05, 4.69) is 110 Å². The first-order valence-corrected chi connectivity index (χ1v) is 16.8. The molecule has 0 saturated heterocycles. The fraction of sp³-hybridized carbons (Fsp3) is 0. The Kier molecular flexibility index (Phi) is 7.29. The predicted molar refractivity (Wildman–Crippen MR) is 210 cm³/mol. The maximum absolute atomic E-state index is 5.04. The molecular weight excluding hydrogens is 607 g/mol. The second-order valence-electron chi connectivity index (χ2n) is 12.5. The van der Waals surface area contributed by atoms with Crippen molar-refractivity contribution >= 4 is 38.4 Å². The molecule has 3 nitrogen and oxygen atoms in total. The van der Waals surface area contributed by atoms with Crippen LogP contribution in [-0.4, -0.2) is 15.0 Å². The van der Waals surface area contributed by atoms with E-state index in [4.69, 9.17) is 15.0 Å². The van der Waals surface area contributed by atoms with Gasteiger partial charge in [-0.05, 0) is 78.3 Å². The van der Waals surface area contributed by atoms with Crippen LogP contribution in [0, 0.1) is 0 Å². The molecule has 50 heavy (non-hydrogen) atoms. The SMILES string of the molecule is C=Cc1ccc2c3ccc(-c4cccc(-c5ccccc5-c5nc(-c6ccccc6)nc(-c6ccccc6)n5)c4)cc3c3ccccc3c2c1. The highest BCUT2D eigenvalue weighted by Gasteiger charge is 2.16. The van der Waals surface area contributed by atoms with Crippen LogP contribution in [-0.2, 0) is 0 Å². The van der Waals surface area contributed by atoms with Gasteiger partial charge < -0.3 is 0 Å². The molecule has 3 heteroatoms. The van der Waals surface area contributed by atoms with E-state index >= 15 is 0 Å². The zero-order valence-corrected chi connectivity index (χ0v) is 27.3. The summed E-state index contributed by atoms with van der Waals surface area (Å²) in [7, 11) is 0. The Morgan fingerprint density at radius 1 is 0.320 bits per heavy atom. The summed E-state index contributed by atoms with van der Waals surface area (Å²) < 4.78 is 0. The molecule has 0 bridgehead atoms. The van der Waals surface area contributed by atoms with Gasteiger partial charge in [0.2, 0.25) is 0 Å². The number of rotatable bonds is 6. The molecule has 9 aromatic rings. The third-order valence-electron chi connectivity index (χ3n) is 9.47. The predicted octanol–water partition coefficient (Wildman–Crippen LogP) is 12.3. The molecule has 1 aromatic heterocycles. The molecule has 0 atom stereocenters. The number of hydrogen-bond donors (Lipinski definition) is 0. The van der Waals surface area contributed by atoms with Gasteiger partial charge >= 0.3 is 0 Å². The molecule has 0 radical (unpaired) electrons. The number of aromatic nitrogens is 3. The van der Waals surface area contributed by atoms with E-state index in [1.807, 2.05) is 72.8 Å². The van der Waals surface area contributed by atoms with Crippen LogP contribution in [0.5, 0.6) is 0 Å². The van der Waals surface area contributed by atoms with Gasteiger partial charge in [-0.25, -0.2) is 15.0 Å². The lowest BCUT2D eigenvalue weighted by molar-refractivity contribution is 1.07.